The van der Waals surface area contributed by atoms with Crippen LogP contribution < -0.4 is 0 Å². The quantitative estimate of drug-likeness (QED) is 0.611. The van der Waals surface area contributed by atoms with E-state index in [1.54, 1.807) is 0 Å². The van der Waals surface area contributed by atoms with Gasteiger partial charge >= 0.3 is 0 Å². The van der Waals surface area contributed by atoms with Crippen molar-refractivity contribution < 1.29 is 4.74 Å². The second-order valence-electron chi connectivity index (χ2n) is 4.60. The topological polar surface area (TPSA) is 12.5 Å². The summed E-state index contributed by atoms with van der Waals surface area (Å²) in [5.41, 5.74) is 3.30. The fourth-order valence-corrected chi connectivity index (χ4v) is 2.72. The molecule has 1 aromatic rings. The van der Waals surface area contributed by atoms with Gasteiger partial charge in [0.2, 0.25) is 0 Å². The summed E-state index contributed by atoms with van der Waals surface area (Å²) in [6, 6.07) is 8.78. The van der Waals surface area contributed by atoms with Crippen molar-refractivity contribution in [3.8, 4) is 0 Å². The molecular weight excluding hydrogens is 174 g/mol. The summed E-state index contributed by atoms with van der Waals surface area (Å²) in [6.45, 7) is 4.02. The first-order chi connectivity index (χ1) is 6.80. The molecule has 14 heavy (non-hydrogen) atoms. The Bertz CT molecular complexity index is 357. The molecule has 3 rings (SSSR count). The van der Waals surface area contributed by atoms with Gasteiger partial charge in [-0.2, -0.15) is 0 Å². The predicted molar refractivity (Wildman–Crippen MR) is 55.3 cm³/mol. The molecule has 0 N–H and O–H groups in total. The Morgan fingerprint density at radius 1 is 1.29 bits per heavy atom. The minimum Gasteiger partial charge on any atom is -0.379 e. The molecule has 0 atom stereocenters. The van der Waals surface area contributed by atoms with Gasteiger partial charge in [-0.25, -0.2) is 0 Å². The lowest BCUT2D eigenvalue weighted by Gasteiger charge is -2.48. The molecule has 1 fully saturated rings. The lowest BCUT2D eigenvalue weighted by Crippen LogP contribution is -2.56. The van der Waals surface area contributed by atoms with Crippen LogP contribution in [0.5, 0.6) is 0 Å². The average molecular weight is 189 g/mol. The third-order valence-electron chi connectivity index (χ3n) is 3.36. The molecule has 2 heterocycles. The zero-order valence-electron chi connectivity index (χ0n) is 8.49. The average Bonchev–Trinajstić information content (AvgIpc) is 2.14. The van der Waals surface area contributed by atoms with Gasteiger partial charge in [0.25, 0.3) is 0 Å². The standard InChI is InChI=1S/C12H15NO/c1-13-6-10-4-2-3-5-11(10)12(7-13)8-14-9-12/h2-5H,6-9H2,1H3. The van der Waals surface area contributed by atoms with E-state index < -0.39 is 0 Å². The Morgan fingerprint density at radius 3 is 2.79 bits per heavy atom. The lowest BCUT2D eigenvalue weighted by atomic mass is 9.74. The Hall–Kier alpha value is -0.860. The van der Waals surface area contributed by atoms with E-state index >= 15 is 0 Å². The van der Waals surface area contributed by atoms with Crippen LogP contribution in [-0.2, 0) is 16.7 Å². The molecule has 74 valence electrons. The van der Waals surface area contributed by atoms with Crippen LogP contribution in [0.1, 0.15) is 11.1 Å². The molecular formula is C12H15NO. The number of hydrogen-bond acceptors (Lipinski definition) is 2. The number of likely N-dealkylation sites (N-methyl/N-ethyl adjacent to an activating group) is 1. The maximum absolute atomic E-state index is 5.39. The maximum atomic E-state index is 5.39. The molecule has 2 aliphatic rings. The largest absolute Gasteiger partial charge is 0.379 e. The van der Waals surface area contributed by atoms with Crippen molar-refractivity contribution in [3.63, 3.8) is 0 Å². The summed E-state index contributed by atoms with van der Waals surface area (Å²) in [7, 11) is 2.19. The van der Waals surface area contributed by atoms with E-state index in [-0.39, 0.29) is 0 Å². The monoisotopic (exact) mass is 189 g/mol. The van der Waals surface area contributed by atoms with E-state index in [9.17, 15) is 0 Å². The number of ether oxygens (including phenoxy) is 1. The molecule has 0 amide bonds. The molecule has 0 radical (unpaired) electrons. The molecule has 0 aromatic heterocycles. The number of fused-ring (bicyclic) bond motifs is 2. The molecule has 0 unspecified atom stereocenters. The molecule has 2 heteroatoms. The van der Waals surface area contributed by atoms with Gasteiger partial charge in [0.1, 0.15) is 0 Å². The minimum absolute atomic E-state index is 0.309. The lowest BCUT2D eigenvalue weighted by molar-refractivity contribution is -0.0789. The molecule has 1 aromatic carbocycles. The van der Waals surface area contributed by atoms with Crippen LogP contribution >= 0.6 is 0 Å². The number of hydrogen-bond donors (Lipinski definition) is 0. The highest BCUT2D eigenvalue weighted by atomic mass is 16.5. The Labute approximate surface area is 84.5 Å². The van der Waals surface area contributed by atoms with E-state index in [2.05, 4.69) is 36.2 Å². The predicted octanol–water partition coefficient (Wildman–Crippen LogP) is 1.40. The van der Waals surface area contributed by atoms with E-state index in [0.29, 0.717) is 5.41 Å². The Balaban J connectivity index is 2.10. The highest BCUT2D eigenvalue weighted by Gasteiger charge is 2.44. The summed E-state index contributed by atoms with van der Waals surface area (Å²) in [6.07, 6.45) is 0. The van der Waals surface area contributed by atoms with Crippen molar-refractivity contribution in [1.29, 1.82) is 0 Å². The molecule has 0 aliphatic carbocycles. The SMILES string of the molecule is CN1Cc2ccccc2C2(COC2)C1. The highest BCUT2D eigenvalue weighted by Crippen LogP contribution is 2.38. The van der Waals surface area contributed by atoms with Gasteiger partial charge in [0.15, 0.2) is 0 Å². The molecule has 2 aliphatic heterocycles. The number of rotatable bonds is 0. The van der Waals surface area contributed by atoms with E-state index in [1.165, 1.54) is 11.1 Å². The van der Waals surface area contributed by atoms with Crippen molar-refractivity contribution in [2.45, 2.75) is 12.0 Å². The minimum atomic E-state index is 0.309. The van der Waals surface area contributed by atoms with E-state index in [4.69, 9.17) is 4.74 Å². The fourth-order valence-electron chi connectivity index (χ4n) is 2.72. The second-order valence-corrected chi connectivity index (χ2v) is 4.60. The van der Waals surface area contributed by atoms with Crippen LogP contribution in [0.15, 0.2) is 24.3 Å². The second kappa shape index (κ2) is 2.81. The number of nitrogens with zero attached hydrogens (tertiary/aromatic N) is 1. The zero-order chi connectivity index (χ0) is 9.60. The van der Waals surface area contributed by atoms with Gasteiger partial charge in [-0.15, -0.1) is 0 Å². The van der Waals surface area contributed by atoms with Gasteiger partial charge in [-0.05, 0) is 18.2 Å². The third kappa shape index (κ3) is 1.04. The van der Waals surface area contributed by atoms with Crippen LogP contribution in [0.4, 0.5) is 0 Å². The molecule has 0 bridgehead atoms. The third-order valence-corrected chi connectivity index (χ3v) is 3.36. The molecule has 1 spiro atoms. The van der Waals surface area contributed by atoms with Gasteiger partial charge in [-0.3, -0.25) is 0 Å². The summed E-state index contributed by atoms with van der Waals surface area (Å²) >= 11 is 0. The van der Waals surface area contributed by atoms with Crippen LogP contribution in [-0.4, -0.2) is 31.7 Å². The van der Waals surface area contributed by atoms with Crippen LogP contribution in [0.3, 0.4) is 0 Å². The van der Waals surface area contributed by atoms with Crippen molar-refractivity contribution in [2.75, 3.05) is 26.8 Å². The fraction of sp³-hybridized carbons (Fsp3) is 0.500. The summed E-state index contributed by atoms with van der Waals surface area (Å²) in [5, 5.41) is 0. The first-order valence-electron chi connectivity index (χ1n) is 5.15. The van der Waals surface area contributed by atoms with Crippen LogP contribution in [0.2, 0.25) is 0 Å². The normalized spacial score (nSPS) is 24.4. The summed E-state index contributed by atoms with van der Waals surface area (Å²) in [5.74, 6) is 0. The van der Waals surface area contributed by atoms with Crippen molar-refractivity contribution in [3.05, 3.63) is 35.4 Å². The van der Waals surface area contributed by atoms with E-state index in [1.807, 2.05) is 0 Å². The molecule has 0 saturated carbocycles. The van der Waals surface area contributed by atoms with Crippen LogP contribution in [0, 0.1) is 0 Å². The molecule has 2 nitrogen and oxygen atoms in total. The molecule has 1 saturated heterocycles. The Morgan fingerprint density at radius 2 is 2.07 bits per heavy atom. The Kier molecular flexibility index (Phi) is 1.70. The van der Waals surface area contributed by atoms with Crippen molar-refractivity contribution >= 4 is 0 Å². The maximum Gasteiger partial charge on any atom is 0.0598 e. The first kappa shape index (κ1) is 8.45. The first-order valence-corrected chi connectivity index (χ1v) is 5.15. The van der Waals surface area contributed by atoms with Gasteiger partial charge in [-0.1, -0.05) is 24.3 Å². The van der Waals surface area contributed by atoms with Crippen LogP contribution in [0.25, 0.3) is 0 Å². The van der Waals surface area contributed by atoms with Crippen molar-refractivity contribution in [2.24, 2.45) is 0 Å². The smallest absolute Gasteiger partial charge is 0.0598 e. The van der Waals surface area contributed by atoms with E-state index in [0.717, 1.165) is 26.3 Å². The van der Waals surface area contributed by atoms with Gasteiger partial charge < -0.3 is 9.64 Å². The summed E-state index contributed by atoms with van der Waals surface area (Å²) < 4.78 is 5.39. The van der Waals surface area contributed by atoms with Gasteiger partial charge in [0, 0.05) is 13.1 Å². The van der Waals surface area contributed by atoms with Gasteiger partial charge in [0.05, 0.1) is 18.6 Å². The zero-order valence-corrected chi connectivity index (χ0v) is 8.49. The van der Waals surface area contributed by atoms with Crippen molar-refractivity contribution in [1.82, 2.24) is 4.90 Å². The highest BCUT2D eigenvalue weighted by molar-refractivity contribution is 5.38. The summed E-state index contributed by atoms with van der Waals surface area (Å²) in [4.78, 5) is 2.39. The number of benzene rings is 1.